The maximum atomic E-state index is 12.7. The van der Waals surface area contributed by atoms with Crippen LogP contribution in [0.15, 0.2) is 48.7 Å². The molecule has 0 aliphatic carbocycles. The van der Waals surface area contributed by atoms with Crippen molar-refractivity contribution in [3.05, 3.63) is 69.7 Å². The number of nitrogens with zero attached hydrogens (tertiary/aromatic N) is 1. The second-order valence-electron chi connectivity index (χ2n) is 6.55. The summed E-state index contributed by atoms with van der Waals surface area (Å²) in [6.07, 6.45) is 2.39. The van der Waals surface area contributed by atoms with E-state index < -0.39 is 5.91 Å². The van der Waals surface area contributed by atoms with Crippen molar-refractivity contribution in [3.8, 4) is 0 Å². The number of aromatic nitrogens is 1. The van der Waals surface area contributed by atoms with E-state index in [0.29, 0.717) is 27.9 Å². The van der Waals surface area contributed by atoms with Gasteiger partial charge in [0.1, 0.15) is 0 Å². The Hall–Kier alpha value is -3.23. The van der Waals surface area contributed by atoms with E-state index in [1.165, 1.54) is 37.3 Å². The molecule has 2 aromatic carbocycles. The number of nitrogens with one attached hydrogen (secondary N) is 3. The molecule has 0 aliphatic heterocycles. The maximum Gasteiger partial charge on any atom is 0.257 e. The molecule has 0 bridgehead atoms. The van der Waals surface area contributed by atoms with Gasteiger partial charge < -0.3 is 10.6 Å². The summed E-state index contributed by atoms with van der Waals surface area (Å²) < 4.78 is 0. The highest BCUT2D eigenvalue weighted by Gasteiger charge is 2.13. The number of hydrogen-bond acceptors (Lipinski definition) is 5. The van der Waals surface area contributed by atoms with Crippen LogP contribution in [0.3, 0.4) is 0 Å². The molecule has 154 valence electrons. The van der Waals surface area contributed by atoms with Crippen molar-refractivity contribution in [3.63, 3.8) is 0 Å². The highest BCUT2D eigenvalue weighted by Crippen LogP contribution is 2.24. The van der Waals surface area contributed by atoms with E-state index in [1.807, 2.05) is 24.3 Å². The first kappa shape index (κ1) is 21.5. The summed E-state index contributed by atoms with van der Waals surface area (Å²) in [4.78, 5) is 40.7. The van der Waals surface area contributed by atoms with Gasteiger partial charge in [-0.05, 0) is 35.9 Å². The van der Waals surface area contributed by atoms with Gasteiger partial charge in [-0.2, -0.15) is 0 Å². The van der Waals surface area contributed by atoms with Crippen LogP contribution in [0.5, 0.6) is 0 Å². The van der Waals surface area contributed by atoms with E-state index in [-0.39, 0.29) is 17.4 Å². The minimum Gasteiger partial charge on any atom is -0.326 e. The largest absolute Gasteiger partial charge is 0.326 e. The predicted molar refractivity (Wildman–Crippen MR) is 119 cm³/mol. The average molecular weight is 443 g/mol. The van der Waals surface area contributed by atoms with Crippen LogP contribution < -0.4 is 16.0 Å². The fourth-order valence-corrected chi connectivity index (χ4v) is 3.70. The molecule has 7 nitrogen and oxygen atoms in total. The van der Waals surface area contributed by atoms with E-state index in [1.54, 1.807) is 12.3 Å². The SMILES string of the molecule is CC(=O)Nc1cc(NC(C)=O)cc(C(=O)Nc2ncc(Cc3ccc(Cl)cc3)s2)c1. The van der Waals surface area contributed by atoms with Gasteiger partial charge >= 0.3 is 0 Å². The first-order valence-electron chi connectivity index (χ1n) is 8.99. The maximum absolute atomic E-state index is 12.7. The highest BCUT2D eigenvalue weighted by atomic mass is 35.5. The molecule has 3 aromatic rings. The second kappa shape index (κ2) is 9.51. The van der Waals surface area contributed by atoms with Gasteiger partial charge in [-0.25, -0.2) is 4.98 Å². The smallest absolute Gasteiger partial charge is 0.257 e. The Morgan fingerprint density at radius 2 is 1.53 bits per heavy atom. The molecule has 3 amide bonds. The second-order valence-corrected chi connectivity index (χ2v) is 8.10. The van der Waals surface area contributed by atoms with Gasteiger partial charge in [-0.1, -0.05) is 23.7 Å². The van der Waals surface area contributed by atoms with Crippen molar-refractivity contribution in [2.45, 2.75) is 20.3 Å². The van der Waals surface area contributed by atoms with Crippen molar-refractivity contribution in [2.24, 2.45) is 0 Å². The molecule has 3 N–H and O–H groups in total. The molecule has 1 aromatic heterocycles. The van der Waals surface area contributed by atoms with Gasteiger partial charge in [0.05, 0.1) is 0 Å². The molecule has 0 saturated heterocycles. The quantitative estimate of drug-likeness (QED) is 0.521. The van der Waals surface area contributed by atoms with Gasteiger partial charge in [-0.3, -0.25) is 19.7 Å². The molecule has 0 aliphatic rings. The van der Waals surface area contributed by atoms with Crippen molar-refractivity contribution in [2.75, 3.05) is 16.0 Å². The molecule has 0 radical (unpaired) electrons. The summed E-state index contributed by atoms with van der Waals surface area (Å²) in [6, 6.07) is 12.2. The third kappa shape index (κ3) is 6.13. The Bertz CT molecular complexity index is 1060. The standard InChI is InChI=1S/C21H19ClN4O3S/c1-12(27)24-17-8-15(9-18(10-17)25-13(2)28)20(29)26-21-23-11-19(30-21)7-14-3-5-16(22)6-4-14/h3-6,8-11H,7H2,1-2H3,(H,24,27)(H,25,28)(H,23,26,29). The van der Waals surface area contributed by atoms with Crippen molar-refractivity contribution in [1.82, 2.24) is 4.98 Å². The third-order valence-corrected chi connectivity index (χ3v) is 5.07. The lowest BCUT2D eigenvalue weighted by Crippen LogP contribution is -2.15. The molecule has 0 unspecified atom stereocenters. The number of benzene rings is 2. The van der Waals surface area contributed by atoms with Crippen LogP contribution in [0.2, 0.25) is 5.02 Å². The van der Waals surface area contributed by atoms with Gasteiger partial charge in [0.25, 0.3) is 5.91 Å². The van der Waals surface area contributed by atoms with Crippen molar-refractivity contribution in [1.29, 1.82) is 0 Å². The summed E-state index contributed by atoms with van der Waals surface area (Å²) >= 11 is 7.28. The normalized spacial score (nSPS) is 10.4. The molecule has 30 heavy (non-hydrogen) atoms. The molecular formula is C21H19ClN4O3S. The first-order valence-corrected chi connectivity index (χ1v) is 10.2. The molecule has 1 heterocycles. The van der Waals surface area contributed by atoms with Crippen LogP contribution in [0, 0.1) is 0 Å². The first-order chi connectivity index (χ1) is 14.3. The lowest BCUT2D eigenvalue weighted by Gasteiger charge is -2.10. The summed E-state index contributed by atoms with van der Waals surface area (Å²) in [7, 11) is 0. The summed E-state index contributed by atoms with van der Waals surface area (Å²) in [5.74, 6) is -0.970. The Morgan fingerprint density at radius 3 is 2.10 bits per heavy atom. The lowest BCUT2D eigenvalue weighted by molar-refractivity contribution is -0.115. The van der Waals surface area contributed by atoms with Crippen LogP contribution in [0.4, 0.5) is 16.5 Å². The van der Waals surface area contributed by atoms with Gasteiger partial charge in [0.2, 0.25) is 11.8 Å². The zero-order valence-corrected chi connectivity index (χ0v) is 17.9. The number of carbonyl (C=O) groups is 3. The molecule has 0 fully saturated rings. The van der Waals surface area contributed by atoms with Crippen LogP contribution in [-0.2, 0) is 16.0 Å². The fraction of sp³-hybridized carbons (Fsp3) is 0.143. The number of anilines is 3. The van der Waals surface area contributed by atoms with E-state index in [4.69, 9.17) is 11.6 Å². The van der Waals surface area contributed by atoms with E-state index in [9.17, 15) is 14.4 Å². The minimum atomic E-state index is -0.402. The Labute approximate surface area is 182 Å². The number of rotatable bonds is 6. The Kier molecular flexibility index (Phi) is 6.81. The van der Waals surface area contributed by atoms with E-state index >= 15 is 0 Å². The van der Waals surface area contributed by atoms with Gasteiger partial charge in [0, 0.05) is 53.3 Å². The summed E-state index contributed by atoms with van der Waals surface area (Å²) in [5.41, 5.74) is 2.17. The van der Waals surface area contributed by atoms with Gasteiger partial charge in [0.15, 0.2) is 5.13 Å². The van der Waals surface area contributed by atoms with Crippen LogP contribution >= 0.6 is 22.9 Å². The number of amides is 3. The third-order valence-electron chi connectivity index (χ3n) is 3.90. The molecule has 0 atom stereocenters. The van der Waals surface area contributed by atoms with E-state index in [0.717, 1.165) is 10.4 Å². The Morgan fingerprint density at radius 1 is 0.933 bits per heavy atom. The minimum absolute atomic E-state index is 0.277. The fourth-order valence-electron chi connectivity index (χ4n) is 2.73. The molecule has 0 saturated carbocycles. The Balaban J connectivity index is 1.74. The predicted octanol–water partition coefficient (Wildman–Crippen LogP) is 4.56. The molecular weight excluding hydrogens is 424 g/mol. The molecule has 9 heteroatoms. The number of halogens is 1. The number of hydrogen-bond donors (Lipinski definition) is 3. The average Bonchev–Trinajstić information content (AvgIpc) is 3.09. The summed E-state index contributed by atoms with van der Waals surface area (Å²) in [6.45, 7) is 2.73. The van der Waals surface area contributed by atoms with Crippen LogP contribution in [0.1, 0.15) is 34.6 Å². The molecule has 0 spiro atoms. The van der Waals surface area contributed by atoms with Gasteiger partial charge in [-0.15, -0.1) is 11.3 Å². The summed E-state index contributed by atoms with van der Waals surface area (Å²) in [5, 5.41) is 9.13. The zero-order chi connectivity index (χ0) is 21.7. The van der Waals surface area contributed by atoms with Crippen molar-refractivity contribution < 1.29 is 14.4 Å². The number of carbonyl (C=O) groups excluding carboxylic acids is 3. The van der Waals surface area contributed by atoms with Crippen molar-refractivity contribution >= 4 is 57.2 Å². The molecule has 3 rings (SSSR count). The number of thiazole rings is 1. The van der Waals surface area contributed by atoms with Crippen LogP contribution in [-0.4, -0.2) is 22.7 Å². The lowest BCUT2D eigenvalue weighted by atomic mass is 10.1. The van der Waals surface area contributed by atoms with E-state index in [2.05, 4.69) is 20.9 Å². The monoisotopic (exact) mass is 442 g/mol. The highest BCUT2D eigenvalue weighted by molar-refractivity contribution is 7.15. The zero-order valence-electron chi connectivity index (χ0n) is 16.3. The van der Waals surface area contributed by atoms with Crippen LogP contribution in [0.25, 0.3) is 0 Å². The topological polar surface area (TPSA) is 100 Å².